The van der Waals surface area contributed by atoms with E-state index >= 15 is 0 Å². The van der Waals surface area contributed by atoms with Crippen LogP contribution < -0.4 is 4.74 Å². The number of fused-ring (bicyclic) bond motifs is 1. The Morgan fingerprint density at radius 2 is 2.20 bits per heavy atom. The third-order valence-corrected chi connectivity index (χ3v) is 2.05. The number of esters is 1. The molecule has 5 nitrogen and oxygen atoms in total. The molecule has 0 spiro atoms. The van der Waals surface area contributed by atoms with E-state index in [-0.39, 0.29) is 0 Å². The van der Waals surface area contributed by atoms with Gasteiger partial charge in [0.25, 0.3) is 0 Å². The van der Waals surface area contributed by atoms with Crippen LogP contribution in [0.5, 0.6) is 5.75 Å². The van der Waals surface area contributed by atoms with Crippen molar-refractivity contribution in [1.29, 1.82) is 0 Å². The van der Waals surface area contributed by atoms with Crippen LogP contribution in [-0.4, -0.2) is 25.2 Å². The smallest absolute Gasteiger partial charge is 0.341 e. The second-order valence-corrected chi connectivity index (χ2v) is 2.87. The lowest BCUT2D eigenvalue weighted by Crippen LogP contribution is -2.02. The number of ether oxygens (including phenoxy) is 2. The van der Waals surface area contributed by atoms with Crippen LogP contribution in [0.25, 0.3) is 11.1 Å². The molecule has 15 heavy (non-hydrogen) atoms. The van der Waals surface area contributed by atoms with E-state index in [4.69, 9.17) is 9.15 Å². The van der Waals surface area contributed by atoms with Gasteiger partial charge in [0, 0.05) is 6.07 Å². The predicted molar refractivity (Wildman–Crippen MR) is 51.9 cm³/mol. The molecule has 1 aromatic heterocycles. The maximum Gasteiger partial charge on any atom is 0.341 e. The summed E-state index contributed by atoms with van der Waals surface area (Å²) in [5, 5.41) is 0. The molecule has 2 aromatic rings. The zero-order chi connectivity index (χ0) is 10.8. The number of carbonyl (C=O) groups is 1. The van der Waals surface area contributed by atoms with Crippen LogP contribution >= 0.6 is 0 Å². The van der Waals surface area contributed by atoms with Crippen molar-refractivity contribution in [2.75, 3.05) is 14.2 Å². The molecule has 0 amide bonds. The van der Waals surface area contributed by atoms with Gasteiger partial charge in [0.2, 0.25) is 0 Å². The maximum absolute atomic E-state index is 11.4. The topological polar surface area (TPSA) is 61.6 Å². The summed E-state index contributed by atoms with van der Waals surface area (Å²) in [6.45, 7) is 0. The van der Waals surface area contributed by atoms with Gasteiger partial charge in [-0.1, -0.05) is 0 Å². The molecule has 5 heteroatoms. The number of nitrogens with zero attached hydrogens (tertiary/aromatic N) is 1. The van der Waals surface area contributed by atoms with E-state index in [0.717, 1.165) is 0 Å². The number of hydrogen-bond acceptors (Lipinski definition) is 5. The number of oxazole rings is 1. The van der Waals surface area contributed by atoms with Gasteiger partial charge in [-0.05, 0) is 6.07 Å². The number of methoxy groups -OCH3 is 2. The summed E-state index contributed by atoms with van der Waals surface area (Å²) in [7, 11) is 2.83. The van der Waals surface area contributed by atoms with Gasteiger partial charge in [0.05, 0.1) is 14.2 Å². The van der Waals surface area contributed by atoms with E-state index in [2.05, 4.69) is 9.72 Å². The molecule has 0 fully saturated rings. The van der Waals surface area contributed by atoms with Gasteiger partial charge in [0.1, 0.15) is 16.8 Å². The van der Waals surface area contributed by atoms with Crippen LogP contribution in [0.1, 0.15) is 10.4 Å². The SMILES string of the molecule is COC(=O)c1cc(OC)cc2ncoc12. The van der Waals surface area contributed by atoms with Crippen LogP contribution in [0.4, 0.5) is 0 Å². The van der Waals surface area contributed by atoms with Gasteiger partial charge in [-0.15, -0.1) is 0 Å². The third-order valence-electron chi connectivity index (χ3n) is 2.05. The van der Waals surface area contributed by atoms with Crippen molar-refractivity contribution in [3.8, 4) is 5.75 Å². The summed E-state index contributed by atoms with van der Waals surface area (Å²) in [6.07, 6.45) is 1.27. The molecule has 0 saturated carbocycles. The van der Waals surface area contributed by atoms with Crippen molar-refractivity contribution in [3.63, 3.8) is 0 Å². The molecule has 0 N–H and O–H groups in total. The van der Waals surface area contributed by atoms with E-state index in [9.17, 15) is 4.79 Å². The standard InChI is InChI=1S/C10H9NO4/c1-13-6-3-7(10(12)14-2)9-8(4-6)11-5-15-9/h3-5H,1-2H3. The number of carbonyl (C=O) groups excluding carboxylic acids is 1. The van der Waals surface area contributed by atoms with E-state index in [1.807, 2.05) is 0 Å². The molecule has 0 atom stereocenters. The Labute approximate surface area is 85.6 Å². The van der Waals surface area contributed by atoms with Crippen molar-refractivity contribution < 1.29 is 18.7 Å². The van der Waals surface area contributed by atoms with E-state index in [1.165, 1.54) is 20.6 Å². The highest BCUT2D eigenvalue weighted by molar-refractivity contribution is 6.01. The Morgan fingerprint density at radius 1 is 1.40 bits per heavy atom. The van der Waals surface area contributed by atoms with Crippen molar-refractivity contribution in [2.45, 2.75) is 0 Å². The first-order chi connectivity index (χ1) is 7.26. The first kappa shape index (κ1) is 9.51. The van der Waals surface area contributed by atoms with Crippen molar-refractivity contribution in [1.82, 2.24) is 4.98 Å². The van der Waals surface area contributed by atoms with Gasteiger partial charge in [0.15, 0.2) is 12.0 Å². The number of rotatable bonds is 2. The molecule has 78 valence electrons. The maximum atomic E-state index is 11.4. The minimum Gasteiger partial charge on any atom is -0.497 e. The van der Waals surface area contributed by atoms with Gasteiger partial charge in [-0.2, -0.15) is 0 Å². The molecule has 0 radical (unpaired) electrons. The van der Waals surface area contributed by atoms with Gasteiger partial charge < -0.3 is 13.9 Å². The van der Waals surface area contributed by atoms with Crippen molar-refractivity contribution in [3.05, 3.63) is 24.1 Å². The molecule has 1 heterocycles. The van der Waals surface area contributed by atoms with Crippen molar-refractivity contribution >= 4 is 17.1 Å². The normalized spacial score (nSPS) is 10.3. The highest BCUT2D eigenvalue weighted by atomic mass is 16.5. The fraction of sp³-hybridized carbons (Fsp3) is 0.200. The van der Waals surface area contributed by atoms with Gasteiger partial charge in [-0.3, -0.25) is 0 Å². The zero-order valence-corrected chi connectivity index (χ0v) is 8.31. The van der Waals surface area contributed by atoms with Crippen LogP contribution in [0.15, 0.2) is 22.9 Å². The Kier molecular flexibility index (Phi) is 2.29. The highest BCUT2D eigenvalue weighted by Crippen LogP contribution is 2.24. The molecular formula is C10H9NO4. The lowest BCUT2D eigenvalue weighted by Gasteiger charge is -2.03. The molecule has 0 aliphatic carbocycles. The van der Waals surface area contributed by atoms with E-state index in [0.29, 0.717) is 22.4 Å². The average molecular weight is 207 g/mol. The van der Waals surface area contributed by atoms with Crippen LogP contribution in [0, 0.1) is 0 Å². The largest absolute Gasteiger partial charge is 0.497 e. The fourth-order valence-electron chi connectivity index (χ4n) is 1.32. The summed E-state index contributed by atoms with van der Waals surface area (Å²) < 4.78 is 14.8. The van der Waals surface area contributed by atoms with Gasteiger partial charge in [-0.25, -0.2) is 9.78 Å². The van der Waals surface area contributed by atoms with Crippen molar-refractivity contribution in [2.24, 2.45) is 0 Å². The molecule has 2 rings (SSSR count). The first-order valence-electron chi connectivity index (χ1n) is 4.26. The number of hydrogen-bond donors (Lipinski definition) is 0. The van der Waals surface area contributed by atoms with E-state index < -0.39 is 5.97 Å². The van der Waals surface area contributed by atoms with Crippen LogP contribution in [-0.2, 0) is 4.74 Å². The first-order valence-corrected chi connectivity index (χ1v) is 4.26. The molecule has 0 bridgehead atoms. The minimum absolute atomic E-state index is 0.310. The molecule has 0 aliphatic heterocycles. The number of benzene rings is 1. The minimum atomic E-state index is -0.476. The van der Waals surface area contributed by atoms with Crippen LogP contribution in [0.2, 0.25) is 0 Å². The summed E-state index contributed by atoms with van der Waals surface area (Å²) >= 11 is 0. The Bertz CT molecular complexity index is 503. The Balaban J connectivity index is 2.68. The average Bonchev–Trinajstić information content (AvgIpc) is 2.74. The zero-order valence-electron chi connectivity index (χ0n) is 8.31. The van der Waals surface area contributed by atoms with Crippen LogP contribution in [0.3, 0.4) is 0 Å². The molecular weight excluding hydrogens is 198 g/mol. The summed E-state index contributed by atoms with van der Waals surface area (Å²) in [5.74, 6) is 0.0625. The quantitative estimate of drug-likeness (QED) is 0.700. The Hall–Kier alpha value is -2.04. The Morgan fingerprint density at radius 3 is 2.87 bits per heavy atom. The third kappa shape index (κ3) is 1.52. The highest BCUT2D eigenvalue weighted by Gasteiger charge is 2.15. The molecule has 1 aromatic carbocycles. The fourth-order valence-corrected chi connectivity index (χ4v) is 1.32. The van der Waals surface area contributed by atoms with E-state index in [1.54, 1.807) is 12.1 Å². The molecule has 0 unspecified atom stereocenters. The summed E-state index contributed by atoms with van der Waals surface area (Å²) in [6, 6.07) is 3.24. The lowest BCUT2D eigenvalue weighted by molar-refractivity contribution is 0.0601. The summed E-state index contributed by atoms with van der Waals surface area (Å²) in [4.78, 5) is 15.4. The number of aromatic nitrogens is 1. The monoisotopic (exact) mass is 207 g/mol. The summed E-state index contributed by atoms with van der Waals surface area (Å²) in [5.41, 5.74) is 1.28. The predicted octanol–water partition coefficient (Wildman–Crippen LogP) is 1.62. The molecule has 0 aliphatic rings. The second kappa shape index (κ2) is 3.61. The lowest BCUT2D eigenvalue weighted by atomic mass is 10.2. The molecule has 0 saturated heterocycles. The second-order valence-electron chi connectivity index (χ2n) is 2.87. The van der Waals surface area contributed by atoms with Gasteiger partial charge >= 0.3 is 5.97 Å².